The summed E-state index contributed by atoms with van der Waals surface area (Å²) < 4.78 is 11.6. The van der Waals surface area contributed by atoms with Crippen LogP contribution in [0.2, 0.25) is 0 Å². The fourth-order valence-electron chi connectivity index (χ4n) is 4.33. The summed E-state index contributed by atoms with van der Waals surface area (Å²) in [4.78, 5) is 0. The van der Waals surface area contributed by atoms with Gasteiger partial charge in [-0.1, -0.05) is 120 Å². The first-order valence-corrected chi connectivity index (χ1v) is 13.7. The fraction of sp³-hybridized carbons (Fsp3) is 0.613. The second-order valence-electron chi connectivity index (χ2n) is 9.34. The van der Waals surface area contributed by atoms with Crippen molar-refractivity contribution in [2.45, 2.75) is 110 Å². The molecule has 1 unspecified atom stereocenters. The average Bonchev–Trinajstić information content (AvgIpc) is 2.85. The number of benzene rings is 2. The van der Waals surface area contributed by atoms with Gasteiger partial charge in [-0.3, -0.25) is 0 Å². The predicted octanol–water partition coefficient (Wildman–Crippen LogP) is 9.92. The summed E-state index contributed by atoms with van der Waals surface area (Å²) in [5.41, 5.74) is 3.69. The molecule has 1 atom stereocenters. The van der Waals surface area contributed by atoms with Crippen molar-refractivity contribution in [2.24, 2.45) is 0 Å². The Balaban J connectivity index is 1.51. The van der Waals surface area contributed by atoms with E-state index in [2.05, 4.69) is 50.2 Å². The highest BCUT2D eigenvalue weighted by atomic mass is 16.5. The summed E-state index contributed by atoms with van der Waals surface area (Å²) in [6.45, 7) is 8.02. The summed E-state index contributed by atoms with van der Waals surface area (Å²) in [7, 11) is 0. The maximum absolute atomic E-state index is 6.10. The highest BCUT2D eigenvalue weighted by molar-refractivity contribution is 5.64. The van der Waals surface area contributed by atoms with Crippen LogP contribution in [0.4, 0.5) is 0 Å². The van der Waals surface area contributed by atoms with Gasteiger partial charge in [0.15, 0.2) is 0 Å². The van der Waals surface area contributed by atoms with Gasteiger partial charge in [-0.2, -0.15) is 0 Å². The molecule has 2 aromatic rings. The number of hydrogen-bond acceptors (Lipinski definition) is 2. The maximum atomic E-state index is 6.10. The molecule has 0 fully saturated rings. The lowest BCUT2D eigenvalue weighted by Gasteiger charge is -2.14. The zero-order valence-electron chi connectivity index (χ0n) is 21.6. The first-order chi connectivity index (χ1) is 16.2. The predicted molar refractivity (Wildman–Crippen MR) is 143 cm³/mol. The Labute approximate surface area is 204 Å². The molecule has 0 heterocycles. The van der Waals surface area contributed by atoms with Crippen LogP contribution >= 0.6 is 0 Å². The van der Waals surface area contributed by atoms with Gasteiger partial charge in [0.2, 0.25) is 0 Å². The van der Waals surface area contributed by atoms with Crippen LogP contribution in [0.5, 0.6) is 5.75 Å². The van der Waals surface area contributed by atoms with Gasteiger partial charge < -0.3 is 9.47 Å². The molecule has 0 N–H and O–H groups in total. The monoisotopic (exact) mass is 452 g/mol. The minimum Gasteiger partial charge on any atom is -0.494 e. The van der Waals surface area contributed by atoms with Gasteiger partial charge in [0, 0.05) is 6.61 Å². The van der Waals surface area contributed by atoms with Crippen molar-refractivity contribution in [3.63, 3.8) is 0 Å². The lowest BCUT2D eigenvalue weighted by Crippen LogP contribution is -2.01. The molecule has 0 aromatic heterocycles. The van der Waals surface area contributed by atoms with Crippen molar-refractivity contribution in [1.29, 1.82) is 0 Å². The first kappa shape index (κ1) is 27.4. The van der Waals surface area contributed by atoms with E-state index in [1.54, 1.807) is 0 Å². The van der Waals surface area contributed by atoms with Gasteiger partial charge in [0.25, 0.3) is 0 Å². The zero-order valence-corrected chi connectivity index (χ0v) is 21.6. The summed E-state index contributed by atoms with van der Waals surface area (Å²) >= 11 is 0. The van der Waals surface area contributed by atoms with Crippen molar-refractivity contribution < 1.29 is 9.47 Å². The van der Waals surface area contributed by atoms with E-state index < -0.39 is 0 Å². The molecule has 2 nitrogen and oxygen atoms in total. The Morgan fingerprint density at radius 3 is 1.52 bits per heavy atom. The van der Waals surface area contributed by atoms with Gasteiger partial charge in [-0.15, -0.1) is 0 Å². The largest absolute Gasteiger partial charge is 0.494 e. The molecular formula is C31H48O2. The Morgan fingerprint density at radius 1 is 0.576 bits per heavy atom. The summed E-state index contributed by atoms with van der Waals surface area (Å²) in [6, 6.07) is 17.1. The highest BCUT2D eigenvalue weighted by Crippen LogP contribution is 2.25. The highest BCUT2D eigenvalue weighted by Gasteiger charge is 2.06. The molecule has 0 bridgehead atoms. The molecule has 2 heteroatoms. The zero-order chi connectivity index (χ0) is 23.6. The number of ether oxygens (including phenoxy) is 2. The van der Waals surface area contributed by atoms with E-state index in [-0.39, 0.29) is 6.10 Å². The molecule has 0 saturated heterocycles. The fourth-order valence-corrected chi connectivity index (χ4v) is 4.33. The normalized spacial score (nSPS) is 12.1. The van der Waals surface area contributed by atoms with E-state index in [4.69, 9.17) is 9.47 Å². The summed E-state index contributed by atoms with van der Waals surface area (Å²) in [5, 5.41) is 0. The molecule has 0 aliphatic rings. The van der Waals surface area contributed by atoms with Gasteiger partial charge in [-0.25, -0.2) is 0 Å². The number of hydrogen-bond donors (Lipinski definition) is 0. The summed E-state index contributed by atoms with van der Waals surface area (Å²) in [5.74, 6) is 0.924. The van der Waals surface area contributed by atoms with E-state index in [0.717, 1.165) is 12.4 Å². The van der Waals surface area contributed by atoms with Crippen LogP contribution in [0, 0.1) is 0 Å². The van der Waals surface area contributed by atoms with Crippen molar-refractivity contribution in [2.75, 3.05) is 13.2 Å². The van der Waals surface area contributed by atoms with Crippen LogP contribution in [-0.2, 0) is 4.74 Å². The average molecular weight is 453 g/mol. The maximum Gasteiger partial charge on any atom is 0.119 e. The summed E-state index contributed by atoms with van der Waals surface area (Å²) in [6.07, 6.45) is 18.2. The third-order valence-electron chi connectivity index (χ3n) is 6.49. The van der Waals surface area contributed by atoms with E-state index in [1.807, 2.05) is 19.1 Å². The molecule has 0 radical (unpaired) electrons. The quantitative estimate of drug-likeness (QED) is 0.197. The molecule has 0 aliphatic carbocycles. The van der Waals surface area contributed by atoms with E-state index in [9.17, 15) is 0 Å². The van der Waals surface area contributed by atoms with Crippen LogP contribution in [-0.4, -0.2) is 13.2 Å². The Bertz CT molecular complexity index is 705. The molecule has 0 saturated carbocycles. The number of rotatable bonds is 19. The smallest absolute Gasteiger partial charge is 0.119 e. The second kappa shape index (κ2) is 17.6. The minimum absolute atomic E-state index is 0.150. The van der Waals surface area contributed by atoms with Crippen LogP contribution in [0.3, 0.4) is 0 Å². The lowest BCUT2D eigenvalue weighted by molar-refractivity contribution is 0.0627. The topological polar surface area (TPSA) is 18.5 Å². The molecule has 0 amide bonds. The minimum atomic E-state index is 0.150. The SMILES string of the molecule is CCCCCCCCCCCCCCCOC(C)c1ccc(-c2ccc(OCC)cc2)cc1. The second-order valence-corrected chi connectivity index (χ2v) is 9.34. The van der Waals surface area contributed by atoms with E-state index >= 15 is 0 Å². The van der Waals surface area contributed by atoms with Gasteiger partial charge in [0.1, 0.15) is 5.75 Å². The molecule has 0 spiro atoms. The number of unbranched alkanes of at least 4 members (excludes halogenated alkanes) is 12. The Hall–Kier alpha value is -1.80. The van der Waals surface area contributed by atoms with Crippen LogP contribution in [0.1, 0.15) is 116 Å². The van der Waals surface area contributed by atoms with Crippen molar-refractivity contribution in [1.82, 2.24) is 0 Å². The lowest BCUT2D eigenvalue weighted by atomic mass is 10.0. The first-order valence-electron chi connectivity index (χ1n) is 13.7. The van der Waals surface area contributed by atoms with Crippen molar-refractivity contribution in [3.05, 3.63) is 54.1 Å². The van der Waals surface area contributed by atoms with Gasteiger partial charge in [0.05, 0.1) is 12.7 Å². The Kier molecular flexibility index (Phi) is 14.7. The van der Waals surface area contributed by atoms with Crippen LogP contribution in [0.25, 0.3) is 11.1 Å². The van der Waals surface area contributed by atoms with E-state index in [1.165, 1.54) is 100 Å². The molecule has 2 aromatic carbocycles. The van der Waals surface area contributed by atoms with Gasteiger partial charge >= 0.3 is 0 Å². The molecular weight excluding hydrogens is 404 g/mol. The van der Waals surface area contributed by atoms with Crippen molar-refractivity contribution >= 4 is 0 Å². The van der Waals surface area contributed by atoms with Crippen LogP contribution < -0.4 is 4.74 Å². The van der Waals surface area contributed by atoms with E-state index in [0.29, 0.717) is 6.61 Å². The van der Waals surface area contributed by atoms with Crippen molar-refractivity contribution in [3.8, 4) is 16.9 Å². The third-order valence-corrected chi connectivity index (χ3v) is 6.49. The molecule has 2 rings (SSSR count). The standard InChI is InChI=1S/C31H48O2/c1-4-6-7-8-9-10-11-12-13-14-15-16-17-26-33-27(3)28-18-20-29(21-19-28)30-22-24-31(25-23-30)32-5-2/h18-25,27H,4-17,26H2,1-3H3. The van der Waals surface area contributed by atoms with Gasteiger partial charge in [-0.05, 0) is 49.1 Å². The molecule has 33 heavy (non-hydrogen) atoms. The van der Waals surface area contributed by atoms with Crippen LogP contribution in [0.15, 0.2) is 48.5 Å². The molecule has 0 aliphatic heterocycles. The third kappa shape index (κ3) is 11.8. The molecule has 184 valence electrons. The Morgan fingerprint density at radius 2 is 1.03 bits per heavy atom.